The molecule has 1 N–H and O–H groups in total. The number of aromatic nitrogens is 1. The molecule has 0 aliphatic rings. The van der Waals surface area contributed by atoms with Crippen molar-refractivity contribution >= 4 is 49.0 Å². The van der Waals surface area contributed by atoms with Gasteiger partial charge in [0.15, 0.2) is 4.34 Å². The topological polar surface area (TPSA) is 59.1 Å². The Morgan fingerprint density at radius 2 is 1.63 bits per heavy atom. The van der Waals surface area contributed by atoms with E-state index in [-0.39, 0.29) is 4.90 Å². The van der Waals surface area contributed by atoms with Crippen LogP contribution < -0.4 is 4.72 Å². The SMILES string of the molecule is Cc1ccc(S(=O)(=O)Nc2ccc(Sc3nc4ccccc4s3)cc2)cc1. The van der Waals surface area contributed by atoms with E-state index < -0.39 is 10.0 Å². The molecule has 0 amide bonds. The lowest BCUT2D eigenvalue weighted by molar-refractivity contribution is 0.601. The second kappa shape index (κ2) is 7.34. The highest BCUT2D eigenvalue weighted by atomic mass is 32.2. The molecule has 7 heteroatoms. The number of nitrogens with one attached hydrogen (secondary N) is 1. The number of thiazole rings is 1. The largest absolute Gasteiger partial charge is 0.280 e. The van der Waals surface area contributed by atoms with Gasteiger partial charge >= 0.3 is 0 Å². The normalized spacial score (nSPS) is 11.6. The summed E-state index contributed by atoms with van der Waals surface area (Å²) in [5.41, 5.74) is 2.54. The number of hydrogen-bond acceptors (Lipinski definition) is 5. The number of sulfonamides is 1. The third-order valence-corrected chi connectivity index (χ3v) is 7.42. The molecule has 0 aliphatic carbocycles. The van der Waals surface area contributed by atoms with Crippen LogP contribution in [0.3, 0.4) is 0 Å². The maximum Gasteiger partial charge on any atom is 0.261 e. The number of benzene rings is 3. The van der Waals surface area contributed by atoms with E-state index in [2.05, 4.69) is 15.8 Å². The van der Waals surface area contributed by atoms with Crippen LogP contribution in [0, 0.1) is 6.92 Å². The number of anilines is 1. The average Bonchev–Trinajstić information content (AvgIpc) is 3.06. The van der Waals surface area contributed by atoms with Crippen LogP contribution >= 0.6 is 23.1 Å². The van der Waals surface area contributed by atoms with E-state index in [4.69, 9.17) is 0 Å². The number of aryl methyl sites for hydroxylation is 1. The van der Waals surface area contributed by atoms with Crippen LogP contribution in [0.15, 0.2) is 86.9 Å². The molecule has 0 saturated heterocycles. The summed E-state index contributed by atoms with van der Waals surface area (Å²) in [4.78, 5) is 5.86. The average molecular weight is 413 g/mol. The second-order valence-electron chi connectivity index (χ2n) is 5.99. The summed E-state index contributed by atoms with van der Waals surface area (Å²) in [7, 11) is -3.59. The molecule has 4 aromatic rings. The van der Waals surface area contributed by atoms with Gasteiger partial charge in [0.25, 0.3) is 10.0 Å². The van der Waals surface area contributed by atoms with E-state index in [0.717, 1.165) is 25.0 Å². The molecule has 0 bridgehead atoms. The number of fused-ring (bicyclic) bond motifs is 1. The lowest BCUT2D eigenvalue weighted by atomic mass is 10.2. The highest BCUT2D eigenvalue weighted by Crippen LogP contribution is 2.34. The highest BCUT2D eigenvalue weighted by Gasteiger charge is 2.14. The highest BCUT2D eigenvalue weighted by molar-refractivity contribution is 8.01. The van der Waals surface area contributed by atoms with Gasteiger partial charge in [-0.15, -0.1) is 11.3 Å². The van der Waals surface area contributed by atoms with E-state index in [1.807, 2.05) is 37.3 Å². The molecule has 4 nitrogen and oxygen atoms in total. The monoisotopic (exact) mass is 412 g/mol. The Morgan fingerprint density at radius 1 is 0.926 bits per heavy atom. The molecular weight excluding hydrogens is 396 g/mol. The predicted octanol–water partition coefficient (Wildman–Crippen LogP) is 5.56. The summed E-state index contributed by atoms with van der Waals surface area (Å²) in [5, 5.41) is 0. The summed E-state index contributed by atoms with van der Waals surface area (Å²) in [5.74, 6) is 0. The number of para-hydroxylation sites is 1. The van der Waals surface area contributed by atoms with Gasteiger partial charge in [-0.1, -0.05) is 41.6 Å². The van der Waals surface area contributed by atoms with Crippen LogP contribution in [-0.4, -0.2) is 13.4 Å². The second-order valence-corrected chi connectivity index (χ2v) is 10.0. The summed E-state index contributed by atoms with van der Waals surface area (Å²) in [6.45, 7) is 1.92. The molecule has 0 fully saturated rings. The van der Waals surface area contributed by atoms with Crippen molar-refractivity contribution < 1.29 is 8.42 Å². The van der Waals surface area contributed by atoms with Gasteiger partial charge < -0.3 is 0 Å². The molecule has 0 aliphatic heterocycles. The molecule has 4 rings (SSSR count). The number of nitrogens with zero attached hydrogens (tertiary/aromatic N) is 1. The first-order valence-electron chi connectivity index (χ1n) is 8.23. The van der Waals surface area contributed by atoms with Crippen LogP contribution in [-0.2, 0) is 10.0 Å². The van der Waals surface area contributed by atoms with E-state index in [0.29, 0.717) is 5.69 Å². The Labute approximate surface area is 166 Å². The number of rotatable bonds is 5. The van der Waals surface area contributed by atoms with Crippen molar-refractivity contribution in [2.45, 2.75) is 21.1 Å². The summed E-state index contributed by atoms with van der Waals surface area (Å²) >= 11 is 3.21. The van der Waals surface area contributed by atoms with E-state index in [9.17, 15) is 8.42 Å². The molecule has 3 aromatic carbocycles. The van der Waals surface area contributed by atoms with Crippen molar-refractivity contribution in [3.8, 4) is 0 Å². The molecule has 0 radical (unpaired) electrons. The van der Waals surface area contributed by atoms with Gasteiger partial charge in [0.2, 0.25) is 0 Å². The molecule has 1 heterocycles. The number of hydrogen-bond donors (Lipinski definition) is 1. The van der Waals surface area contributed by atoms with Gasteiger partial charge in [-0.25, -0.2) is 13.4 Å². The Balaban J connectivity index is 1.49. The predicted molar refractivity (Wildman–Crippen MR) is 112 cm³/mol. The Bertz CT molecular complexity index is 1150. The fourth-order valence-electron chi connectivity index (χ4n) is 2.52. The van der Waals surface area contributed by atoms with Crippen molar-refractivity contribution in [3.05, 3.63) is 78.4 Å². The fourth-order valence-corrected chi connectivity index (χ4v) is 5.62. The van der Waals surface area contributed by atoms with Crippen LogP contribution in [0.5, 0.6) is 0 Å². The maximum absolute atomic E-state index is 12.5. The lowest BCUT2D eigenvalue weighted by Gasteiger charge is -2.09. The van der Waals surface area contributed by atoms with Gasteiger partial charge in [-0.2, -0.15) is 0 Å². The molecular formula is C20H16N2O2S3. The summed E-state index contributed by atoms with van der Waals surface area (Å²) in [6, 6.07) is 22.1. The molecule has 0 unspecified atom stereocenters. The standard InChI is InChI=1S/C20H16N2O2S3/c1-14-6-12-17(13-7-14)27(23,24)22-15-8-10-16(11-9-15)25-20-21-18-4-2-3-5-19(18)26-20/h2-13,22H,1H3. The quantitative estimate of drug-likeness (QED) is 0.466. The summed E-state index contributed by atoms with van der Waals surface area (Å²) in [6.07, 6.45) is 0. The smallest absolute Gasteiger partial charge is 0.261 e. The molecule has 0 atom stereocenters. The van der Waals surface area contributed by atoms with E-state index >= 15 is 0 Å². The van der Waals surface area contributed by atoms with Crippen molar-refractivity contribution in [3.63, 3.8) is 0 Å². The van der Waals surface area contributed by atoms with Crippen molar-refractivity contribution in [1.82, 2.24) is 4.98 Å². The lowest BCUT2D eigenvalue weighted by Crippen LogP contribution is -2.12. The van der Waals surface area contributed by atoms with Gasteiger partial charge in [-0.05, 0) is 55.5 Å². The van der Waals surface area contributed by atoms with Gasteiger partial charge in [-0.3, -0.25) is 4.72 Å². The third-order valence-electron chi connectivity index (χ3n) is 3.92. The summed E-state index contributed by atoms with van der Waals surface area (Å²) < 4.78 is 29.7. The van der Waals surface area contributed by atoms with E-state index in [1.165, 1.54) is 0 Å². The van der Waals surface area contributed by atoms with Gasteiger partial charge in [0.05, 0.1) is 15.1 Å². The minimum absolute atomic E-state index is 0.251. The van der Waals surface area contributed by atoms with Crippen LogP contribution in [0.4, 0.5) is 5.69 Å². The zero-order chi connectivity index (χ0) is 18.9. The van der Waals surface area contributed by atoms with Crippen LogP contribution in [0.25, 0.3) is 10.2 Å². The first-order valence-corrected chi connectivity index (χ1v) is 11.3. The Kier molecular flexibility index (Phi) is 4.90. The van der Waals surface area contributed by atoms with Gasteiger partial charge in [0, 0.05) is 10.6 Å². The zero-order valence-corrected chi connectivity index (χ0v) is 16.9. The van der Waals surface area contributed by atoms with E-state index in [1.54, 1.807) is 59.5 Å². The van der Waals surface area contributed by atoms with Crippen molar-refractivity contribution in [2.24, 2.45) is 0 Å². The molecule has 1 aromatic heterocycles. The minimum atomic E-state index is -3.59. The fraction of sp³-hybridized carbons (Fsp3) is 0.0500. The molecule has 0 spiro atoms. The van der Waals surface area contributed by atoms with Crippen LogP contribution in [0.2, 0.25) is 0 Å². The Hall–Kier alpha value is -2.35. The Morgan fingerprint density at radius 3 is 2.33 bits per heavy atom. The van der Waals surface area contributed by atoms with Crippen molar-refractivity contribution in [2.75, 3.05) is 4.72 Å². The van der Waals surface area contributed by atoms with Gasteiger partial charge in [0.1, 0.15) is 0 Å². The molecule has 0 saturated carbocycles. The third kappa shape index (κ3) is 4.16. The maximum atomic E-state index is 12.5. The molecule has 27 heavy (non-hydrogen) atoms. The zero-order valence-electron chi connectivity index (χ0n) is 14.4. The first-order chi connectivity index (χ1) is 13.0. The van der Waals surface area contributed by atoms with Crippen molar-refractivity contribution in [1.29, 1.82) is 0 Å². The molecule has 136 valence electrons. The van der Waals surface area contributed by atoms with Crippen LogP contribution in [0.1, 0.15) is 5.56 Å². The minimum Gasteiger partial charge on any atom is -0.280 e. The first kappa shape index (κ1) is 18.0.